The molecule has 1 heterocycles. The molecule has 0 atom stereocenters. The molecule has 0 saturated heterocycles. The first-order valence-corrected chi connectivity index (χ1v) is 8.71. The van der Waals surface area contributed by atoms with Crippen LogP contribution < -0.4 is 4.72 Å². The lowest BCUT2D eigenvalue weighted by atomic mass is 10.2. The first kappa shape index (κ1) is 17.5. The highest BCUT2D eigenvalue weighted by atomic mass is 35.5. The van der Waals surface area contributed by atoms with Gasteiger partial charge in [-0.05, 0) is 24.7 Å². The molecule has 0 saturated carbocycles. The van der Waals surface area contributed by atoms with E-state index in [1.807, 2.05) is 18.2 Å². The summed E-state index contributed by atoms with van der Waals surface area (Å²) in [6, 6.07) is 8.62. The zero-order valence-electron chi connectivity index (χ0n) is 13.1. The average molecular weight is 356 g/mol. The molecule has 1 aromatic carbocycles. The number of rotatable bonds is 5. The van der Waals surface area contributed by atoms with Gasteiger partial charge in [-0.3, -0.25) is 4.79 Å². The maximum atomic E-state index is 12.6. The van der Waals surface area contributed by atoms with E-state index in [9.17, 15) is 13.2 Å². The van der Waals surface area contributed by atoms with Crippen LogP contribution in [0.1, 0.15) is 16.1 Å². The number of hydrogen-bond donors (Lipinski definition) is 1. The van der Waals surface area contributed by atoms with Gasteiger partial charge < -0.3 is 9.47 Å². The summed E-state index contributed by atoms with van der Waals surface area (Å²) >= 11 is 6.10. The largest absolute Gasteiger partial charge is 0.345 e. The van der Waals surface area contributed by atoms with E-state index in [4.69, 9.17) is 11.6 Å². The monoisotopic (exact) mass is 355 g/mol. The highest BCUT2D eigenvalue weighted by molar-refractivity contribution is 7.89. The van der Waals surface area contributed by atoms with Crippen LogP contribution in [0.15, 0.2) is 41.4 Å². The van der Waals surface area contributed by atoms with Crippen LogP contribution in [0.2, 0.25) is 5.02 Å². The van der Waals surface area contributed by atoms with Crippen LogP contribution in [0.3, 0.4) is 0 Å². The van der Waals surface area contributed by atoms with Gasteiger partial charge in [0.2, 0.25) is 10.0 Å². The van der Waals surface area contributed by atoms with Gasteiger partial charge in [-0.25, -0.2) is 13.1 Å². The third kappa shape index (κ3) is 3.74. The van der Waals surface area contributed by atoms with Crippen LogP contribution in [0.25, 0.3) is 0 Å². The number of carbonyl (C=O) groups excluding carboxylic acids is 1. The Morgan fingerprint density at radius 2 is 2.00 bits per heavy atom. The number of sulfonamides is 1. The zero-order valence-corrected chi connectivity index (χ0v) is 14.6. The van der Waals surface area contributed by atoms with Crippen LogP contribution in [-0.2, 0) is 23.6 Å². The van der Waals surface area contributed by atoms with Crippen molar-refractivity contribution in [3.63, 3.8) is 0 Å². The molecule has 0 spiro atoms. The number of aryl methyl sites for hydroxylation is 1. The second-order valence-corrected chi connectivity index (χ2v) is 7.43. The Kier molecular flexibility index (Phi) is 5.13. The quantitative estimate of drug-likeness (QED) is 0.889. The third-order valence-electron chi connectivity index (χ3n) is 3.49. The number of nitrogens with zero attached hydrogens (tertiary/aromatic N) is 2. The van der Waals surface area contributed by atoms with Crippen molar-refractivity contribution in [3.05, 3.63) is 52.8 Å². The first-order valence-electron chi connectivity index (χ1n) is 6.85. The molecule has 0 unspecified atom stereocenters. The fourth-order valence-corrected chi connectivity index (χ4v) is 3.16. The van der Waals surface area contributed by atoms with Gasteiger partial charge in [0.1, 0.15) is 10.6 Å². The smallest absolute Gasteiger partial charge is 0.270 e. The standard InChI is InChI=1S/C15H18ClN3O3S/c1-17-23(21,22)12-8-14(18(2)10-12)15(20)19(3)9-11-6-4-5-7-13(11)16/h4-8,10,17H,9H2,1-3H3. The fourth-order valence-electron chi connectivity index (χ4n) is 2.16. The number of nitrogens with one attached hydrogen (secondary N) is 1. The zero-order chi connectivity index (χ0) is 17.2. The molecule has 0 bridgehead atoms. The normalized spacial score (nSPS) is 11.5. The summed E-state index contributed by atoms with van der Waals surface area (Å²) in [5.74, 6) is -0.287. The Morgan fingerprint density at radius 1 is 1.35 bits per heavy atom. The minimum absolute atomic E-state index is 0.0528. The van der Waals surface area contributed by atoms with E-state index in [1.54, 1.807) is 20.2 Å². The molecule has 0 radical (unpaired) electrons. The molecule has 0 aliphatic heterocycles. The number of carbonyl (C=O) groups is 1. The fraction of sp³-hybridized carbons (Fsp3) is 0.267. The Hall–Kier alpha value is -1.83. The van der Waals surface area contributed by atoms with Gasteiger partial charge >= 0.3 is 0 Å². The van der Waals surface area contributed by atoms with E-state index >= 15 is 0 Å². The summed E-state index contributed by atoms with van der Waals surface area (Å²) < 4.78 is 27.4. The Bertz CT molecular complexity index is 830. The molecule has 1 aromatic heterocycles. The highest BCUT2D eigenvalue weighted by Crippen LogP contribution is 2.19. The molecular weight excluding hydrogens is 338 g/mol. The SMILES string of the molecule is CNS(=O)(=O)c1cc(C(=O)N(C)Cc2ccccc2Cl)n(C)c1. The number of halogens is 1. The van der Waals surface area contributed by atoms with Gasteiger partial charge in [0.05, 0.1) is 0 Å². The van der Waals surface area contributed by atoms with E-state index in [1.165, 1.54) is 28.8 Å². The van der Waals surface area contributed by atoms with E-state index < -0.39 is 10.0 Å². The summed E-state index contributed by atoms with van der Waals surface area (Å²) in [7, 11) is 1.01. The molecule has 2 aromatic rings. The maximum Gasteiger partial charge on any atom is 0.270 e. The van der Waals surface area contributed by atoms with Crippen molar-refractivity contribution in [1.82, 2.24) is 14.2 Å². The lowest BCUT2D eigenvalue weighted by Crippen LogP contribution is -2.27. The average Bonchev–Trinajstić information content (AvgIpc) is 2.91. The lowest BCUT2D eigenvalue weighted by Gasteiger charge is -2.18. The van der Waals surface area contributed by atoms with Crippen LogP contribution >= 0.6 is 11.6 Å². The summed E-state index contributed by atoms with van der Waals surface area (Å²) in [4.78, 5) is 14.1. The molecule has 124 valence electrons. The second-order valence-electron chi connectivity index (χ2n) is 5.13. The minimum atomic E-state index is -3.59. The predicted octanol–water partition coefficient (Wildman–Crippen LogP) is 1.86. The van der Waals surface area contributed by atoms with Gasteiger partial charge in [-0.15, -0.1) is 0 Å². The van der Waals surface area contributed by atoms with Crippen molar-refractivity contribution in [2.45, 2.75) is 11.4 Å². The van der Waals surface area contributed by atoms with Gasteiger partial charge in [-0.1, -0.05) is 29.8 Å². The lowest BCUT2D eigenvalue weighted by molar-refractivity contribution is 0.0775. The summed E-state index contributed by atoms with van der Waals surface area (Å²) in [5, 5.41) is 0.581. The molecule has 0 aliphatic rings. The van der Waals surface area contributed by atoms with Crippen molar-refractivity contribution in [1.29, 1.82) is 0 Å². The Morgan fingerprint density at radius 3 is 2.61 bits per heavy atom. The maximum absolute atomic E-state index is 12.6. The van der Waals surface area contributed by atoms with E-state index in [-0.39, 0.29) is 16.5 Å². The molecule has 1 N–H and O–H groups in total. The summed E-state index contributed by atoms with van der Waals surface area (Å²) in [5.41, 5.74) is 1.11. The molecule has 23 heavy (non-hydrogen) atoms. The van der Waals surface area contributed by atoms with Crippen LogP contribution in [0.4, 0.5) is 0 Å². The molecule has 0 aliphatic carbocycles. The molecule has 2 rings (SSSR count). The third-order valence-corrected chi connectivity index (χ3v) is 5.24. The van der Waals surface area contributed by atoms with Crippen molar-refractivity contribution < 1.29 is 13.2 Å². The molecule has 6 nitrogen and oxygen atoms in total. The first-order chi connectivity index (χ1) is 10.8. The second kappa shape index (κ2) is 6.74. The molecular formula is C15H18ClN3O3S. The number of benzene rings is 1. The molecule has 0 fully saturated rings. The van der Waals surface area contributed by atoms with E-state index in [0.717, 1.165) is 5.56 Å². The molecule has 1 amide bonds. The number of hydrogen-bond acceptors (Lipinski definition) is 3. The van der Waals surface area contributed by atoms with Crippen LogP contribution in [0.5, 0.6) is 0 Å². The summed E-state index contributed by atoms with van der Waals surface area (Å²) in [6.45, 7) is 0.331. The van der Waals surface area contributed by atoms with Gasteiger partial charge in [0.15, 0.2) is 0 Å². The topological polar surface area (TPSA) is 71.4 Å². The van der Waals surface area contributed by atoms with E-state index in [2.05, 4.69) is 4.72 Å². The van der Waals surface area contributed by atoms with Crippen LogP contribution in [0, 0.1) is 0 Å². The number of aromatic nitrogens is 1. The minimum Gasteiger partial charge on any atom is -0.345 e. The van der Waals surface area contributed by atoms with Gasteiger partial charge in [-0.2, -0.15) is 0 Å². The van der Waals surface area contributed by atoms with Crippen molar-refractivity contribution in [2.24, 2.45) is 7.05 Å². The van der Waals surface area contributed by atoms with Crippen molar-refractivity contribution in [3.8, 4) is 0 Å². The highest BCUT2D eigenvalue weighted by Gasteiger charge is 2.21. The molecule has 8 heteroatoms. The summed E-state index contributed by atoms with van der Waals surface area (Å²) in [6.07, 6.45) is 1.41. The van der Waals surface area contributed by atoms with Gasteiger partial charge in [0.25, 0.3) is 5.91 Å². The number of amides is 1. The van der Waals surface area contributed by atoms with Crippen molar-refractivity contribution in [2.75, 3.05) is 14.1 Å². The Labute approximate surface area is 140 Å². The van der Waals surface area contributed by atoms with Crippen molar-refractivity contribution >= 4 is 27.5 Å². The van der Waals surface area contributed by atoms with E-state index in [0.29, 0.717) is 11.6 Å². The Balaban J connectivity index is 2.25. The van der Waals surface area contributed by atoms with Gasteiger partial charge in [0, 0.05) is 31.9 Å². The van der Waals surface area contributed by atoms with Crippen LogP contribution in [-0.4, -0.2) is 37.9 Å². The predicted molar refractivity (Wildman–Crippen MR) is 88.9 cm³/mol.